The summed E-state index contributed by atoms with van der Waals surface area (Å²) in [5.41, 5.74) is 5.97. The lowest BCUT2D eigenvalue weighted by atomic mass is 10.1. The third kappa shape index (κ3) is 2.40. The van der Waals surface area contributed by atoms with E-state index in [1.807, 2.05) is 4.68 Å². The van der Waals surface area contributed by atoms with Gasteiger partial charge in [0.15, 0.2) is 0 Å². The second kappa shape index (κ2) is 5.19. The molecule has 0 amide bonds. The van der Waals surface area contributed by atoms with Crippen molar-refractivity contribution >= 4 is 21.7 Å². The van der Waals surface area contributed by atoms with Gasteiger partial charge >= 0.3 is 0 Å². The van der Waals surface area contributed by atoms with E-state index in [1.165, 1.54) is 13.0 Å². The lowest BCUT2D eigenvalue weighted by Crippen LogP contribution is -2.35. The van der Waals surface area contributed by atoms with E-state index in [1.54, 1.807) is 6.20 Å². The van der Waals surface area contributed by atoms with Gasteiger partial charge in [0, 0.05) is 13.1 Å². The van der Waals surface area contributed by atoms with Crippen LogP contribution in [0.3, 0.4) is 0 Å². The zero-order valence-electron chi connectivity index (χ0n) is 9.69. The quantitative estimate of drug-likeness (QED) is 0.927. The number of nitrogens with two attached hydrogens (primary N) is 1. The summed E-state index contributed by atoms with van der Waals surface area (Å²) in [6, 6.07) is 0.472. The van der Waals surface area contributed by atoms with Crippen LogP contribution in [-0.4, -0.2) is 34.3 Å². The molecule has 2 rings (SSSR count). The number of aromatic nitrogens is 2. The molecule has 0 aromatic carbocycles. The van der Waals surface area contributed by atoms with Crippen LogP contribution in [0.2, 0.25) is 0 Å². The van der Waals surface area contributed by atoms with Gasteiger partial charge < -0.3 is 10.6 Å². The van der Waals surface area contributed by atoms with Gasteiger partial charge in [0.2, 0.25) is 0 Å². The van der Waals surface area contributed by atoms with E-state index in [-0.39, 0.29) is 0 Å². The number of nitrogens with zero attached hydrogens (tertiary/aromatic N) is 3. The summed E-state index contributed by atoms with van der Waals surface area (Å²) in [6.07, 6.45) is 5.32. The Morgan fingerprint density at radius 3 is 2.69 bits per heavy atom. The van der Waals surface area contributed by atoms with Crippen LogP contribution in [0.25, 0.3) is 0 Å². The Morgan fingerprint density at radius 2 is 2.19 bits per heavy atom. The van der Waals surface area contributed by atoms with Crippen LogP contribution >= 0.6 is 15.9 Å². The molecule has 1 aliphatic rings. The molecule has 4 nitrogen and oxygen atoms in total. The SMILES string of the molecule is CCCN1CCC(n2ncc(Br)c2N)CC1. The molecule has 0 saturated carbocycles. The summed E-state index contributed by atoms with van der Waals surface area (Å²) in [4.78, 5) is 2.52. The van der Waals surface area contributed by atoms with Gasteiger partial charge in [0.1, 0.15) is 5.82 Å². The highest BCUT2D eigenvalue weighted by Gasteiger charge is 2.22. The van der Waals surface area contributed by atoms with Gasteiger partial charge in [-0.15, -0.1) is 0 Å². The molecule has 90 valence electrons. The molecule has 1 aliphatic heterocycles. The third-order valence-corrected chi connectivity index (χ3v) is 3.84. The van der Waals surface area contributed by atoms with Crippen molar-refractivity contribution in [3.8, 4) is 0 Å². The molecular weight excluding hydrogens is 268 g/mol. The number of piperidine rings is 1. The fraction of sp³-hybridized carbons (Fsp3) is 0.727. The second-order valence-corrected chi connectivity index (χ2v) is 5.25. The molecule has 0 unspecified atom stereocenters. The summed E-state index contributed by atoms with van der Waals surface area (Å²) in [5, 5.41) is 4.34. The molecule has 0 bridgehead atoms. The summed E-state index contributed by atoms with van der Waals surface area (Å²) < 4.78 is 2.87. The maximum atomic E-state index is 5.97. The first-order chi connectivity index (χ1) is 7.72. The Morgan fingerprint density at radius 1 is 1.50 bits per heavy atom. The molecule has 2 N–H and O–H groups in total. The van der Waals surface area contributed by atoms with Gasteiger partial charge in [-0.25, -0.2) is 4.68 Å². The monoisotopic (exact) mass is 286 g/mol. The Balaban J connectivity index is 1.96. The Kier molecular flexibility index (Phi) is 3.86. The van der Waals surface area contributed by atoms with Gasteiger partial charge in [-0.2, -0.15) is 5.10 Å². The van der Waals surface area contributed by atoms with E-state index in [2.05, 4.69) is 32.9 Å². The van der Waals surface area contributed by atoms with Crippen molar-refractivity contribution in [2.45, 2.75) is 32.2 Å². The van der Waals surface area contributed by atoms with Crippen LogP contribution in [0.1, 0.15) is 32.2 Å². The zero-order valence-corrected chi connectivity index (χ0v) is 11.3. The standard InChI is InChI=1S/C11H19BrN4/c1-2-5-15-6-3-9(4-7-15)16-11(13)10(12)8-14-16/h8-9H,2-7,13H2,1H3. The number of anilines is 1. The molecule has 1 fully saturated rings. The first-order valence-electron chi connectivity index (χ1n) is 5.93. The first-order valence-corrected chi connectivity index (χ1v) is 6.72. The summed E-state index contributed by atoms with van der Waals surface area (Å²) in [6.45, 7) is 5.77. The van der Waals surface area contributed by atoms with Crippen molar-refractivity contribution in [1.29, 1.82) is 0 Å². The second-order valence-electron chi connectivity index (χ2n) is 4.40. The molecule has 0 atom stereocenters. The molecule has 0 spiro atoms. The highest BCUT2D eigenvalue weighted by atomic mass is 79.9. The minimum atomic E-state index is 0.472. The summed E-state index contributed by atoms with van der Waals surface area (Å²) >= 11 is 3.40. The van der Waals surface area contributed by atoms with Gasteiger partial charge in [0.25, 0.3) is 0 Å². The van der Waals surface area contributed by atoms with Crippen LogP contribution in [0.5, 0.6) is 0 Å². The van der Waals surface area contributed by atoms with Gasteiger partial charge in [-0.3, -0.25) is 0 Å². The maximum Gasteiger partial charge on any atom is 0.136 e. The first kappa shape index (κ1) is 11.9. The number of nitrogen functional groups attached to an aromatic ring is 1. The number of likely N-dealkylation sites (tertiary alicyclic amines) is 1. The van der Waals surface area contributed by atoms with Crippen LogP contribution in [0.15, 0.2) is 10.7 Å². The summed E-state index contributed by atoms with van der Waals surface area (Å²) in [5.74, 6) is 0.758. The van der Waals surface area contributed by atoms with E-state index in [0.717, 1.165) is 36.2 Å². The van der Waals surface area contributed by atoms with Crippen molar-refractivity contribution in [2.75, 3.05) is 25.4 Å². The minimum Gasteiger partial charge on any atom is -0.383 e. The average Bonchev–Trinajstić information content (AvgIpc) is 2.62. The lowest BCUT2D eigenvalue weighted by molar-refractivity contribution is 0.181. The molecule has 0 aliphatic carbocycles. The Hall–Kier alpha value is -0.550. The predicted molar refractivity (Wildman–Crippen MR) is 69.3 cm³/mol. The number of hydrogen-bond donors (Lipinski definition) is 1. The molecule has 1 saturated heterocycles. The lowest BCUT2D eigenvalue weighted by Gasteiger charge is -2.32. The highest BCUT2D eigenvalue weighted by Crippen LogP contribution is 2.28. The normalized spacial score (nSPS) is 19.1. The van der Waals surface area contributed by atoms with Crippen molar-refractivity contribution in [3.05, 3.63) is 10.7 Å². The molecule has 1 aromatic rings. The predicted octanol–water partition coefficient (Wildman–Crippen LogP) is 2.27. The van der Waals surface area contributed by atoms with E-state index < -0.39 is 0 Å². The van der Waals surface area contributed by atoms with Crippen LogP contribution in [0, 0.1) is 0 Å². The maximum absolute atomic E-state index is 5.97. The van der Waals surface area contributed by atoms with Crippen molar-refractivity contribution in [3.63, 3.8) is 0 Å². The topological polar surface area (TPSA) is 47.1 Å². The van der Waals surface area contributed by atoms with Gasteiger partial charge in [0.05, 0.1) is 16.7 Å². The molecule has 0 radical (unpaired) electrons. The zero-order chi connectivity index (χ0) is 11.5. The minimum absolute atomic E-state index is 0.472. The number of hydrogen-bond acceptors (Lipinski definition) is 3. The average molecular weight is 287 g/mol. The smallest absolute Gasteiger partial charge is 0.136 e. The molecular formula is C11H19BrN4. The Labute approximate surface area is 105 Å². The molecule has 1 aromatic heterocycles. The van der Waals surface area contributed by atoms with Crippen molar-refractivity contribution < 1.29 is 0 Å². The van der Waals surface area contributed by atoms with Crippen molar-refractivity contribution in [1.82, 2.24) is 14.7 Å². The van der Waals surface area contributed by atoms with Gasteiger partial charge in [-0.05, 0) is 41.7 Å². The van der Waals surface area contributed by atoms with Crippen LogP contribution < -0.4 is 5.73 Å². The Bertz CT molecular complexity index is 342. The van der Waals surface area contributed by atoms with Crippen LogP contribution in [-0.2, 0) is 0 Å². The largest absolute Gasteiger partial charge is 0.383 e. The third-order valence-electron chi connectivity index (χ3n) is 3.23. The fourth-order valence-corrected chi connectivity index (χ4v) is 2.62. The highest BCUT2D eigenvalue weighted by molar-refractivity contribution is 9.10. The van der Waals surface area contributed by atoms with Gasteiger partial charge in [-0.1, -0.05) is 6.92 Å². The molecule has 2 heterocycles. The molecule has 16 heavy (non-hydrogen) atoms. The van der Waals surface area contributed by atoms with E-state index >= 15 is 0 Å². The van der Waals surface area contributed by atoms with Crippen molar-refractivity contribution in [2.24, 2.45) is 0 Å². The van der Waals surface area contributed by atoms with E-state index in [4.69, 9.17) is 5.73 Å². The fourth-order valence-electron chi connectivity index (χ4n) is 2.35. The number of halogens is 1. The van der Waals surface area contributed by atoms with E-state index in [0.29, 0.717) is 6.04 Å². The molecule has 5 heteroatoms. The summed E-state index contributed by atoms with van der Waals surface area (Å²) in [7, 11) is 0. The number of rotatable bonds is 3. The van der Waals surface area contributed by atoms with E-state index in [9.17, 15) is 0 Å². The van der Waals surface area contributed by atoms with Crippen LogP contribution in [0.4, 0.5) is 5.82 Å².